The first-order valence-electron chi connectivity index (χ1n) is 17.1. The van der Waals surface area contributed by atoms with Gasteiger partial charge in [0.1, 0.15) is 17.5 Å². The van der Waals surface area contributed by atoms with Crippen LogP contribution in [0, 0.1) is 34.9 Å². The standard InChI is InChI=1S/C14H9F5N2O2.C13H8Cl2F2N2O2.C13H9ClF2N2O2/c15-8-5-10(16)12(22)11(6-8)21-13(23)20-9-3-1-7(2-4-9)14(17,18)19;14-6-1-7(15)3-9(2-6)18-13(21)19-11-5-8(16)4-10(17)12(11)20;14-7-1-3-9(4-2-7)17-13(20)18-11-6-8(15)5-10(16)12(11)19/h1-6,22H,(H2,20,21,23);1-5,20H,(H2,18,19,21);1-6,19H,(H2,17,18,20). The molecule has 0 saturated carbocycles. The van der Waals surface area contributed by atoms with Crippen LogP contribution in [0.5, 0.6) is 17.2 Å². The van der Waals surface area contributed by atoms with Crippen molar-refractivity contribution in [2.24, 2.45) is 0 Å². The third-order valence-electron chi connectivity index (χ3n) is 7.52. The van der Waals surface area contributed by atoms with E-state index in [0.717, 1.165) is 36.4 Å². The highest BCUT2D eigenvalue weighted by atomic mass is 35.5. The molecule has 0 heterocycles. The number of urea groups is 3. The lowest BCUT2D eigenvalue weighted by molar-refractivity contribution is -0.137. The Balaban J connectivity index is 0.000000211. The predicted molar refractivity (Wildman–Crippen MR) is 221 cm³/mol. The van der Waals surface area contributed by atoms with Crippen LogP contribution in [0.1, 0.15) is 5.56 Å². The molecule has 0 aliphatic heterocycles. The fourth-order valence-corrected chi connectivity index (χ4v) is 5.39. The van der Waals surface area contributed by atoms with Crippen LogP contribution in [-0.2, 0) is 6.18 Å². The number of hydrogen-bond donors (Lipinski definition) is 9. The molecule has 0 unspecified atom stereocenters. The van der Waals surface area contributed by atoms with Gasteiger partial charge in [0.25, 0.3) is 0 Å². The Morgan fingerprint density at radius 2 is 0.719 bits per heavy atom. The van der Waals surface area contributed by atoms with E-state index in [1.807, 2.05) is 5.32 Å². The summed E-state index contributed by atoms with van der Waals surface area (Å²) in [5.74, 6) is -9.15. The van der Waals surface area contributed by atoms with E-state index in [0.29, 0.717) is 45.0 Å². The highest BCUT2D eigenvalue weighted by molar-refractivity contribution is 6.35. The van der Waals surface area contributed by atoms with Crippen LogP contribution in [0.15, 0.2) is 103 Å². The number of amides is 6. The maximum atomic E-state index is 13.1. The molecule has 6 amide bonds. The number of anilines is 6. The van der Waals surface area contributed by atoms with Crippen molar-refractivity contribution in [1.29, 1.82) is 0 Å². The molecule has 0 aromatic heterocycles. The van der Waals surface area contributed by atoms with Crippen molar-refractivity contribution in [3.8, 4) is 17.2 Å². The van der Waals surface area contributed by atoms with Crippen molar-refractivity contribution in [2.45, 2.75) is 6.18 Å². The zero-order valence-corrected chi connectivity index (χ0v) is 33.7. The van der Waals surface area contributed by atoms with Crippen LogP contribution in [-0.4, -0.2) is 33.4 Å². The average molecular weight is 964 g/mol. The topological polar surface area (TPSA) is 184 Å². The molecule has 6 rings (SSSR count). The van der Waals surface area contributed by atoms with Crippen LogP contribution in [0.4, 0.5) is 88.0 Å². The molecule has 24 heteroatoms. The van der Waals surface area contributed by atoms with Gasteiger partial charge in [0.05, 0.1) is 22.6 Å². The molecule has 6 aromatic carbocycles. The lowest BCUT2D eigenvalue weighted by atomic mass is 10.2. The molecule has 9 N–H and O–H groups in total. The van der Waals surface area contributed by atoms with E-state index in [-0.39, 0.29) is 17.1 Å². The minimum Gasteiger partial charge on any atom is -0.503 e. The molecule has 0 aliphatic carbocycles. The number of rotatable bonds is 6. The van der Waals surface area contributed by atoms with Gasteiger partial charge in [0.2, 0.25) is 0 Å². The molecular formula is C40H26Cl3F9N6O6. The van der Waals surface area contributed by atoms with Gasteiger partial charge in [0, 0.05) is 68.5 Å². The molecule has 336 valence electrons. The van der Waals surface area contributed by atoms with Crippen molar-refractivity contribution in [1.82, 2.24) is 0 Å². The number of phenols is 3. The molecular weight excluding hydrogens is 938 g/mol. The van der Waals surface area contributed by atoms with Gasteiger partial charge in [0.15, 0.2) is 34.7 Å². The fourth-order valence-electron chi connectivity index (χ4n) is 4.74. The van der Waals surface area contributed by atoms with Crippen LogP contribution in [0.25, 0.3) is 0 Å². The van der Waals surface area contributed by atoms with E-state index in [9.17, 15) is 69.2 Å². The average Bonchev–Trinajstić information content (AvgIpc) is 3.18. The number of aromatic hydroxyl groups is 3. The van der Waals surface area contributed by atoms with Gasteiger partial charge in [-0.05, 0) is 66.7 Å². The van der Waals surface area contributed by atoms with Crippen LogP contribution < -0.4 is 31.9 Å². The molecule has 6 aromatic rings. The van der Waals surface area contributed by atoms with E-state index in [1.165, 1.54) is 18.2 Å². The summed E-state index contributed by atoms with van der Waals surface area (Å²) in [5.41, 5.74) is -1.45. The number of nitrogens with one attached hydrogen (secondary N) is 6. The molecule has 0 radical (unpaired) electrons. The Bertz CT molecular complexity index is 2650. The first-order valence-corrected chi connectivity index (χ1v) is 18.3. The second-order valence-corrected chi connectivity index (χ2v) is 13.6. The van der Waals surface area contributed by atoms with Crippen LogP contribution in [0.3, 0.4) is 0 Å². The molecule has 0 aliphatic rings. The molecule has 0 spiro atoms. The van der Waals surface area contributed by atoms with Gasteiger partial charge in [-0.3, -0.25) is 0 Å². The monoisotopic (exact) mass is 962 g/mol. The zero-order chi connectivity index (χ0) is 47.5. The molecule has 0 saturated heterocycles. The molecule has 0 fully saturated rings. The molecule has 0 atom stereocenters. The van der Waals surface area contributed by atoms with Crippen molar-refractivity contribution >= 4 is 87.0 Å². The Kier molecular flexibility index (Phi) is 16.8. The first kappa shape index (κ1) is 49.4. The highest BCUT2D eigenvalue weighted by Crippen LogP contribution is 2.32. The Labute approximate surface area is 369 Å². The summed E-state index contributed by atoms with van der Waals surface area (Å²) in [6.07, 6.45) is -4.51. The Morgan fingerprint density at radius 3 is 1.05 bits per heavy atom. The number of benzene rings is 6. The maximum absolute atomic E-state index is 13.1. The quantitative estimate of drug-likeness (QED) is 0.0591. The van der Waals surface area contributed by atoms with E-state index in [4.69, 9.17) is 34.8 Å². The zero-order valence-electron chi connectivity index (χ0n) is 31.4. The number of carbonyl (C=O) groups excluding carboxylic acids is 3. The number of hydrogen-bond acceptors (Lipinski definition) is 6. The number of halogens is 12. The fraction of sp³-hybridized carbons (Fsp3) is 0.0250. The summed E-state index contributed by atoms with van der Waals surface area (Å²) in [5, 5.41) is 42.4. The van der Waals surface area contributed by atoms with Gasteiger partial charge in [-0.2, -0.15) is 13.2 Å². The smallest absolute Gasteiger partial charge is 0.416 e. The lowest BCUT2D eigenvalue weighted by Gasteiger charge is -2.11. The Morgan fingerprint density at radius 1 is 0.406 bits per heavy atom. The van der Waals surface area contributed by atoms with E-state index in [2.05, 4.69) is 26.6 Å². The highest BCUT2D eigenvalue weighted by Gasteiger charge is 2.30. The summed E-state index contributed by atoms with van der Waals surface area (Å²) in [6, 6.07) is 15.2. The van der Waals surface area contributed by atoms with Gasteiger partial charge in [-0.15, -0.1) is 0 Å². The molecule has 12 nitrogen and oxygen atoms in total. The second-order valence-electron chi connectivity index (χ2n) is 12.3. The minimum absolute atomic E-state index is 0.0202. The first-order chi connectivity index (χ1) is 30.0. The predicted octanol–water partition coefficient (Wildman–Crippen LogP) is 12.9. The summed E-state index contributed by atoms with van der Waals surface area (Å²) >= 11 is 17.2. The van der Waals surface area contributed by atoms with Gasteiger partial charge < -0.3 is 47.2 Å². The SMILES string of the molecule is O=C(Nc1cc(Cl)cc(Cl)c1)Nc1cc(F)cc(F)c1O.O=C(Nc1ccc(C(F)(F)F)cc1)Nc1cc(F)cc(F)c1O.O=C(Nc1ccc(Cl)cc1)Nc1cc(F)cc(F)c1O. The van der Waals surface area contributed by atoms with Crippen LogP contribution in [0.2, 0.25) is 15.1 Å². The second kappa shape index (κ2) is 21.7. The maximum Gasteiger partial charge on any atom is 0.416 e. The minimum atomic E-state index is -4.51. The number of alkyl halides is 3. The van der Waals surface area contributed by atoms with Crippen molar-refractivity contribution in [2.75, 3.05) is 31.9 Å². The normalized spacial score (nSPS) is 10.6. The summed E-state index contributed by atoms with van der Waals surface area (Å²) in [4.78, 5) is 35.0. The summed E-state index contributed by atoms with van der Waals surface area (Å²) in [7, 11) is 0. The van der Waals surface area contributed by atoms with Crippen molar-refractivity contribution in [3.63, 3.8) is 0 Å². The van der Waals surface area contributed by atoms with Gasteiger partial charge in [-0.25, -0.2) is 40.7 Å². The number of carbonyl (C=O) groups is 3. The third-order valence-corrected chi connectivity index (χ3v) is 8.21. The van der Waals surface area contributed by atoms with Gasteiger partial charge >= 0.3 is 24.3 Å². The Hall–Kier alpha value is -7.23. The number of phenolic OH excluding ortho intramolecular Hbond substituents is 3. The molecule has 64 heavy (non-hydrogen) atoms. The van der Waals surface area contributed by atoms with Gasteiger partial charge in [-0.1, -0.05) is 34.8 Å². The largest absolute Gasteiger partial charge is 0.503 e. The van der Waals surface area contributed by atoms with E-state index < -0.39 is 93.4 Å². The summed E-state index contributed by atoms with van der Waals surface area (Å²) in [6.45, 7) is 0. The lowest BCUT2D eigenvalue weighted by Crippen LogP contribution is -2.19. The summed E-state index contributed by atoms with van der Waals surface area (Å²) < 4.78 is 116. The van der Waals surface area contributed by atoms with Crippen molar-refractivity contribution in [3.05, 3.63) is 159 Å². The van der Waals surface area contributed by atoms with Crippen LogP contribution >= 0.6 is 34.8 Å². The van der Waals surface area contributed by atoms with Crippen molar-refractivity contribution < 1.29 is 69.2 Å². The molecule has 0 bridgehead atoms. The van der Waals surface area contributed by atoms with E-state index >= 15 is 0 Å². The third kappa shape index (κ3) is 15.0. The van der Waals surface area contributed by atoms with E-state index in [1.54, 1.807) is 24.3 Å².